The molecule has 0 aliphatic carbocycles. The Morgan fingerprint density at radius 2 is 1.00 bits per heavy atom. The van der Waals surface area contributed by atoms with Crippen molar-refractivity contribution in [1.29, 1.82) is 0 Å². The second kappa shape index (κ2) is 12.8. The molecule has 0 saturated heterocycles. The molecule has 204 valence electrons. The minimum atomic E-state index is -2.29. The summed E-state index contributed by atoms with van der Waals surface area (Å²) in [6, 6.07) is 50.0. The molecule has 0 saturated carbocycles. The molecule has 0 radical (unpaired) electrons. The molecular formula is C36H33NO3P+. The highest BCUT2D eigenvalue weighted by Gasteiger charge is 2.51. The molecule has 0 heterocycles. The minimum Gasteiger partial charge on any atom is -0.467 e. The van der Waals surface area contributed by atoms with Crippen LogP contribution in [0.3, 0.4) is 0 Å². The van der Waals surface area contributed by atoms with Gasteiger partial charge in [-0.25, -0.2) is 4.79 Å². The van der Waals surface area contributed by atoms with Gasteiger partial charge in [0.25, 0.3) is 5.91 Å². The van der Waals surface area contributed by atoms with Crippen LogP contribution in [0.5, 0.6) is 0 Å². The summed E-state index contributed by atoms with van der Waals surface area (Å²) in [5.41, 5.74) is -0.248. The maximum absolute atomic E-state index is 13.9. The maximum Gasteiger partial charge on any atom is 0.336 e. The lowest BCUT2D eigenvalue weighted by atomic mass is 9.86. The molecule has 5 rings (SSSR count). The summed E-state index contributed by atoms with van der Waals surface area (Å²) in [6.45, 7) is 0. The number of esters is 1. The van der Waals surface area contributed by atoms with Crippen LogP contribution in [0.2, 0.25) is 0 Å². The molecule has 5 aromatic rings. The van der Waals surface area contributed by atoms with Gasteiger partial charge in [0.15, 0.2) is 5.54 Å². The molecule has 4 nitrogen and oxygen atoms in total. The second-order valence-electron chi connectivity index (χ2n) is 9.87. The number of rotatable bonds is 10. The van der Waals surface area contributed by atoms with Crippen molar-refractivity contribution in [1.82, 2.24) is 5.32 Å². The lowest BCUT2D eigenvalue weighted by Crippen LogP contribution is -2.53. The van der Waals surface area contributed by atoms with E-state index in [9.17, 15) is 9.59 Å². The van der Waals surface area contributed by atoms with E-state index < -0.39 is 18.8 Å². The minimum absolute atomic E-state index is 0.328. The van der Waals surface area contributed by atoms with Gasteiger partial charge in [-0.1, -0.05) is 103 Å². The van der Waals surface area contributed by atoms with Crippen molar-refractivity contribution in [2.75, 3.05) is 13.3 Å². The highest BCUT2D eigenvalue weighted by atomic mass is 31.2. The van der Waals surface area contributed by atoms with E-state index in [0.717, 1.165) is 0 Å². The van der Waals surface area contributed by atoms with Crippen molar-refractivity contribution < 1.29 is 14.3 Å². The summed E-state index contributed by atoms with van der Waals surface area (Å²) in [6.07, 6.45) is 0.943. The molecule has 1 unspecified atom stereocenters. The van der Waals surface area contributed by atoms with Gasteiger partial charge in [0.05, 0.1) is 13.3 Å². The number of ether oxygens (including phenoxy) is 1. The average Bonchev–Trinajstić information content (AvgIpc) is 3.06. The van der Waals surface area contributed by atoms with Gasteiger partial charge in [0.2, 0.25) is 0 Å². The Balaban J connectivity index is 1.70. The fourth-order valence-corrected chi connectivity index (χ4v) is 9.90. The first kappa shape index (κ1) is 28.0. The SMILES string of the molecule is COC(=O)C(CC[P+](c1ccccc1)(c1ccccc1)c1ccccc1)(NC(=O)c1ccccc1)c1ccccc1. The zero-order chi connectivity index (χ0) is 28.5. The zero-order valence-corrected chi connectivity index (χ0v) is 23.9. The van der Waals surface area contributed by atoms with Crippen molar-refractivity contribution >= 4 is 35.1 Å². The molecular weight excluding hydrogens is 525 g/mol. The average molecular weight is 559 g/mol. The first-order valence-electron chi connectivity index (χ1n) is 13.7. The third-order valence-corrected chi connectivity index (χ3v) is 12.0. The highest BCUT2D eigenvalue weighted by Crippen LogP contribution is 2.57. The third kappa shape index (κ3) is 5.70. The number of benzene rings is 5. The molecule has 0 aliphatic rings. The van der Waals surface area contributed by atoms with Gasteiger partial charge in [0, 0.05) is 12.0 Å². The summed E-state index contributed by atoms with van der Waals surface area (Å²) in [4.78, 5) is 27.6. The Labute approximate surface area is 242 Å². The Kier molecular flexibility index (Phi) is 8.72. The molecule has 0 aliphatic heterocycles. The van der Waals surface area contributed by atoms with Crippen LogP contribution >= 0.6 is 7.26 Å². The molecule has 1 amide bonds. The van der Waals surface area contributed by atoms with Crippen LogP contribution in [0.15, 0.2) is 152 Å². The van der Waals surface area contributed by atoms with Crippen LogP contribution in [0.25, 0.3) is 0 Å². The van der Waals surface area contributed by atoms with E-state index in [0.29, 0.717) is 23.7 Å². The number of amides is 1. The lowest BCUT2D eigenvalue weighted by Gasteiger charge is -2.35. The molecule has 41 heavy (non-hydrogen) atoms. The first-order chi connectivity index (χ1) is 20.1. The fourth-order valence-electron chi connectivity index (χ4n) is 5.52. The highest BCUT2D eigenvalue weighted by molar-refractivity contribution is 7.95. The summed E-state index contributed by atoms with van der Waals surface area (Å²) in [5, 5.41) is 6.77. The van der Waals surface area contributed by atoms with Gasteiger partial charge in [-0.3, -0.25) is 4.79 Å². The second-order valence-corrected chi connectivity index (χ2v) is 13.5. The zero-order valence-electron chi connectivity index (χ0n) is 23.0. The number of carbonyl (C=O) groups is 2. The van der Waals surface area contributed by atoms with Gasteiger partial charge in [-0.05, 0) is 54.1 Å². The van der Waals surface area contributed by atoms with Crippen molar-refractivity contribution in [3.63, 3.8) is 0 Å². The molecule has 5 aromatic carbocycles. The standard InChI is InChI=1S/C36H32NO3P/c1-40-35(39)36(30-19-9-3-10-20-30,37-34(38)29-17-7-2-8-18-29)27-28-41(31-21-11-4-12-22-31,32-23-13-5-14-24-32)33-25-15-6-16-26-33/h2-26H,27-28H2,1H3/p+1. The number of hydrogen-bond acceptors (Lipinski definition) is 3. The first-order valence-corrected chi connectivity index (χ1v) is 15.6. The van der Waals surface area contributed by atoms with Crippen LogP contribution in [0, 0.1) is 0 Å². The van der Waals surface area contributed by atoms with E-state index in [1.54, 1.807) is 12.1 Å². The van der Waals surface area contributed by atoms with Crippen LogP contribution in [-0.2, 0) is 15.1 Å². The fraction of sp³-hybridized carbons (Fsp3) is 0.111. The smallest absolute Gasteiger partial charge is 0.336 e. The molecule has 5 heteroatoms. The quantitative estimate of drug-likeness (QED) is 0.172. The van der Waals surface area contributed by atoms with Crippen LogP contribution < -0.4 is 21.2 Å². The normalized spacial score (nSPS) is 12.6. The van der Waals surface area contributed by atoms with Crippen molar-refractivity contribution in [2.45, 2.75) is 12.0 Å². The molecule has 0 fully saturated rings. The summed E-state index contributed by atoms with van der Waals surface area (Å²) >= 11 is 0. The monoisotopic (exact) mass is 558 g/mol. The largest absolute Gasteiger partial charge is 0.467 e. The summed E-state index contributed by atoms with van der Waals surface area (Å²) < 4.78 is 5.45. The van der Waals surface area contributed by atoms with Gasteiger partial charge < -0.3 is 10.1 Å². The molecule has 0 spiro atoms. The third-order valence-electron chi connectivity index (χ3n) is 7.58. The molecule has 0 aromatic heterocycles. The van der Waals surface area contributed by atoms with Crippen molar-refractivity contribution in [2.24, 2.45) is 0 Å². The van der Waals surface area contributed by atoms with E-state index in [1.807, 2.05) is 66.7 Å². The van der Waals surface area contributed by atoms with E-state index >= 15 is 0 Å². The van der Waals surface area contributed by atoms with E-state index in [4.69, 9.17) is 4.74 Å². The predicted molar refractivity (Wildman–Crippen MR) is 169 cm³/mol. The molecule has 0 bridgehead atoms. The van der Waals surface area contributed by atoms with Crippen molar-refractivity contribution in [3.8, 4) is 0 Å². The number of nitrogens with one attached hydrogen (secondary N) is 1. The number of hydrogen-bond donors (Lipinski definition) is 1. The van der Waals surface area contributed by atoms with Gasteiger partial charge >= 0.3 is 5.97 Å². The predicted octanol–water partition coefficient (Wildman–Crippen LogP) is 5.87. The van der Waals surface area contributed by atoms with Gasteiger partial charge in [-0.15, -0.1) is 0 Å². The van der Waals surface area contributed by atoms with E-state index in [-0.39, 0.29) is 5.91 Å². The van der Waals surface area contributed by atoms with E-state index in [1.165, 1.54) is 23.0 Å². The topological polar surface area (TPSA) is 55.4 Å². The number of methoxy groups -OCH3 is 1. The van der Waals surface area contributed by atoms with Crippen molar-refractivity contribution in [3.05, 3.63) is 163 Å². The van der Waals surface area contributed by atoms with Crippen LogP contribution in [0.4, 0.5) is 0 Å². The Morgan fingerprint density at radius 3 is 1.41 bits per heavy atom. The molecule has 1 atom stereocenters. The molecule has 1 N–H and O–H groups in total. The van der Waals surface area contributed by atoms with Gasteiger partial charge in [0.1, 0.15) is 23.2 Å². The number of carbonyl (C=O) groups excluding carboxylic acids is 2. The maximum atomic E-state index is 13.9. The summed E-state index contributed by atoms with van der Waals surface area (Å²) in [5.74, 6) is -0.830. The van der Waals surface area contributed by atoms with E-state index in [2.05, 4.69) is 78.1 Å². The Bertz CT molecular complexity index is 1470. The van der Waals surface area contributed by atoms with Crippen LogP contribution in [-0.4, -0.2) is 25.1 Å². The van der Waals surface area contributed by atoms with Crippen LogP contribution in [0.1, 0.15) is 22.3 Å². The Morgan fingerprint density at radius 1 is 0.610 bits per heavy atom. The summed E-state index contributed by atoms with van der Waals surface area (Å²) in [7, 11) is -0.917. The van der Waals surface area contributed by atoms with Gasteiger partial charge in [-0.2, -0.15) is 0 Å². The Hall–Kier alpha value is -4.53. The lowest BCUT2D eigenvalue weighted by molar-refractivity contribution is -0.148.